The van der Waals surface area contributed by atoms with Gasteiger partial charge in [0.25, 0.3) is 0 Å². The molecule has 0 aliphatic rings. The average molecular weight is 320 g/mol. The van der Waals surface area contributed by atoms with Crippen LogP contribution in [0.4, 0.5) is 0 Å². The number of hydrogen-bond acceptors (Lipinski definition) is 3. The monoisotopic (exact) mass is 319 g/mol. The van der Waals surface area contributed by atoms with E-state index in [-0.39, 0.29) is 0 Å². The molecule has 2 nitrogen and oxygen atoms in total. The molecule has 1 unspecified atom stereocenters. The third-order valence-corrected chi connectivity index (χ3v) is 6.02. The number of benzene rings is 1. The smallest absolute Gasteiger partial charge is 0.0967 e. The summed E-state index contributed by atoms with van der Waals surface area (Å²) in [5.41, 5.74) is 0.889. The zero-order valence-corrected chi connectivity index (χ0v) is 12.7. The van der Waals surface area contributed by atoms with Crippen molar-refractivity contribution in [1.82, 2.24) is 4.98 Å². The summed E-state index contributed by atoms with van der Waals surface area (Å²) < 4.78 is 13.3. The quantitative estimate of drug-likeness (QED) is 0.704. The lowest BCUT2D eigenvalue weighted by Crippen LogP contribution is -1.90. The van der Waals surface area contributed by atoms with Gasteiger partial charge in [0.1, 0.15) is 0 Å². The molecule has 2 heterocycles. The van der Waals surface area contributed by atoms with Crippen molar-refractivity contribution in [3.63, 3.8) is 0 Å². The summed E-state index contributed by atoms with van der Waals surface area (Å²) in [6.07, 6.45) is 1.75. The van der Waals surface area contributed by atoms with Crippen LogP contribution in [0.2, 0.25) is 5.02 Å². The van der Waals surface area contributed by atoms with Gasteiger partial charge in [-0.25, -0.2) is 4.21 Å². The van der Waals surface area contributed by atoms with Gasteiger partial charge in [-0.15, -0.1) is 11.3 Å². The van der Waals surface area contributed by atoms with E-state index in [9.17, 15) is 4.21 Å². The van der Waals surface area contributed by atoms with Crippen LogP contribution < -0.4 is 0 Å². The van der Waals surface area contributed by atoms with Crippen LogP contribution in [0, 0.1) is 0 Å². The third kappa shape index (κ3) is 2.68. The molecule has 0 spiro atoms. The van der Waals surface area contributed by atoms with Gasteiger partial charge in [-0.3, -0.25) is 4.98 Å². The van der Waals surface area contributed by atoms with Gasteiger partial charge < -0.3 is 0 Å². The van der Waals surface area contributed by atoms with Crippen molar-refractivity contribution in [2.45, 2.75) is 9.10 Å². The molecule has 100 valence electrons. The van der Waals surface area contributed by atoms with Crippen LogP contribution in [-0.2, 0) is 10.8 Å². The summed E-state index contributed by atoms with van der Waals surface area (Å²) in [7, 11) is -1.25. The van der Waals surface area contributed by atoms with Crippen molar-refractivity contribution >= 4 is 33.7 Å². The van der Waals surface area contributed by atoms with Gasteiger partial charge in [-0.05, 0) is 36.4 Å². The standard InChI is InChI=1S/C15H10ClNOS2/c16-11-5-1-2-7-14(11)20(18)15-9-8-13(19-15)12-6-3-4-10-17-12/h1-10H. The molecule has 0 aliphatic carbocycles. The summed E-state index contributed by atoms with van der Waals surface area (Å²) in [5, 5.41) is 0.526. The molecular weight excluding hydrogens is 310 g/mol. The Bertz CT molecular complexity index is 755. The predicted octanol–water partition coefficient (Wildman–Crippen LogP) is 4.63. The lowest BCUT2D eigenvalue weighted by atomic mass is 10.3. The Hall–Kier alpha value is -1.49. The molecule has 0 radical (unpaired) electrons. The Morgan fingerprint density at radius 3 is 2.55 bits per heavy atom. The fourth-order valence-corrected chi connectivity index (χ4v) is 4.53. The Labute approximate surface area is 128 Å². The van der Waals surface area contributed by atoms with Crippen LogP contribution in [0.25, 0.3) is 10.6 Å². The summed E-state index contributed by atoms with van der Waals surface area (Å²) in [5.74, 6) is 0. The summed E-state index contributed by atoms with van der Waals surface area (Å²) in [6.45, 7) is 0. The first-order valence-electron chi connectivity index (χ1n) is 5.93. The lowest BCUT2D eigenvalue weighted by Gasteiger charge is -2.01. The van der Waals surface area contributed by atoms with Crippen LogP contribution in [0.3, 0.4) is 0 Å². The number of rotatable bonds is 3. The first kappa shape index (κ1) is 13.5. The van der Waals surface area contributed by atoms with E-state index in [4.69, 9.17) is 11.6 Å². The molecule has 2 aromatic heterocycles. The molecule has 0 fully saturated rings. The number of nitrogens with zero attached hydrogens (tertiary/aromatic N) is 1. The highest BCUT2D eigenvalue weighted by atomic mass is 35.5. The van der Waals surface area contributed by atoms with Crippen LogP contribution in [0.5, 0.6) is 0 Å². The van der Waals surface area contributed by atoms with E-state index in [1.54, 1.807) is 18.3 Å². The third-order valence-electron chi connectivity index (χ3n) is 2.72. The molecule has 0 bridgehead atoms. The zero-order chi connectivity index (χ0) is 13.9. The molecule has 0 N–H and O–H groups in total. The van der Waals surface area contributed by atoms with Gasteiger partial charge >= 0.3 is 0 Å². The van der Waals surface area contributed by atoms with E-state index in [1.807, 2.05) is 42.5 Å². The maximum absolute atomic E-state index is 12.5. The van der Waals surface area contributed by atoms with E-state index in [1.165, 1.54) is 11.3 Å². The van der Waals surface area contributed by atoms with Gasteiger partial charge in [-0.2, -0.15) is 0 Å². The molecule has 1 atom stereocenters. The number of pyridine rings is 1. The molecule has 1 aromatic carbocycles. The van der Waals surface area contributed by atoms with Gasteiger partial charge in [0, 0.05) is 6.20 Å². The van der Waals surface area contributed by atoms with E-state index in [0.717, 1.165) is 14.8 Å². The number of hydrogen-bond donors (Lipinski definition) is 0. The fourth-order valence-electron chi connectivity index (χ4n) is 1.77. The Morgan fingerprint density at radius 2 is 1.80 bits per heavy atom. The van der Waals surface area contributed by atoms with Crippen LogP contribution in [0.1, 0.15) is 0 Å². The maximum Gasteiger partial charge on any atom is 0.0967 e. The average Bonchev–Trinajstić information content (AvgIpc) is 2.98. The van der Waals surface area contributed by atoms with Crippen LogP contribution in [0.15, 0.2) is 69.9 Å². The highest BCUT2D eigenvalue weighted by Gasteiger charge is 2.13. The molecular formula is C15H10ClNOS2. The Balaban J connectivity index is 1.95. The first-order chi connectivity index (χ1) is 9.75. The Morgan fingerprint density at radius 1 is 1.00 bits per heavy atom. The van der Waals surface area contributed by atoms with E-state index >= 15 is 0 Å². The van der Waals surface area contributed by atoms with E-state index < -0.39 is 10.8 Å². The molecule has 3 rings (SSSR count). The van der Waals surface area contributed by atoms with Gasteiger partial charge in [0.2, 0.25) is 0 Å². The van der Waals surface area contributed by atoms with Gasteiger partial charge in [0.05, 0.1) is 35.5 Å². The maximum atomic E-state index is 12.5. The van der Waals surface area contributed by atoms with Crippen LogP contribution >= 0.6 is 22.9 Å². The minimum Gasteiger partial charge on any atom is -0.255 e. The highest BCUT2D eigenvalue weighted by molar-refractivity contribution is 7.87. The minimum absolute atomic E-state index is 0.526. The van der Waals surface area contributed by atoms with Gasteiger partial charge in [-0.1, -0.05) is 29.8 Å². The number of thiophene rings is 1. The van der Waals surface area contributed by atoms with E-state index in [2.05, 4.69) is 4.98 Å². The van der Waals surface area contributed by atoms with Crippen LogP contribution in [-0.4, -0.2) is 9.19 Å². The second-order valence-electron chi connectivity index (χ2n) is 4.03. The fraction of sp³-hybridized carbons (Fsp3) is 0. The molecule has 5 heteroatoms. The summed E-state index contributed by atoms with van der Waals surface area (Å²) in [4.78, 5) is 5.94. The highest BCUT2D eigenvalue weighted by Crippen LogP contribution is 2.32. The summed E-state index contributed by atoms with van der Waals surface area (Å²) >= 11 is 7.57. The largest absolute Gasteiger partial charge is 0.255 e. The van der Waals surface area contributed by atoms with Crippen molar-refractivity contribution < 1.29 is 4.21 Å². The van der Waals surface area contributed by atoms with Crippen molar-refractivity contribution in [2.24, 2.45) is 0 Å². The molecule has 20 heavy (non-hydrogen) atoms. The second kappa shape index (κ2) is 5.87. The number of aromatic nitrogens is 1. The van der Waals surface area contributed by atoms with E-state index in [0.29, 0.717) is 9.92 Å². The predicted molar refractivity (Wildman–Crippen MR) is 83.7 cm³/mol. The molecule has 0 aliphatic heterocycles. The minimum atomic E-state index is -1.25. The molecule has 0 amide bonds. The van der Waals surface area contributed by atoms with Gasteiger partial charge in [0.15, 0.2) is 0 Å². The second-order valence-corrected chi connectivity index (χ2v) is 7.20. The molecule has 3 aromatic rings. The topological polar surface area (TPSA) is 30.0 Å². The molecule has 0 saturated heterocycles. The first-order valence-corrected chi connectivity index (χ1v) is 8.27. The SMILES string of the molecule is O=S(c1ccc(-c2ccccn2)s1)c1ccccc1Cl. The number of halogens is 1. The lowest BCUT2D eigenvalue weighted by molar-refractivity contribution is 0.684. The van der Waals surface area contributed by atoms with Crippen molar-refractivity contribution in [2.75, 3.05) is 0 Å². The van der Waals surface area contributed by atoms with Crippen molar-refractivity contribution in [3.8, 4) is 10.6 Å². The Kier molecular flexibility index (Phi) is 3.96. The van der Waals surface area contributed by atoms with Crippen molar-refractivity contribution in [1.29, 1.82) is 0 Å². The summed E-state index contributed by atoms with van der Waals surface area (Å²) in [6, 6.07) is 16.8. The van der Waals surface area contributed by atoms with Crippen molar-refractivity contribution in [3.05, 3.63) is 65.8 Å². The molecule has 0 saturated carbocycles. The normalized spacial score (nSPS) is 12.2. The zero-order valence-electron chi connectivity index (χ0n) is 10.3.